The Labute approximate surface area is 108 Å². The number of rotatable bonds is 1. The van der Waals surface area contributed by atoms with Gasteiger partial charge in [0.2, 0.25) is 0 Å². The molecular weight excluding hydrogens is 230 g/mol. The Bertz CT molecular complexity index is 479. The van der Waals surface area contributed by atoms with E-state index in [1.807, 2.05) is 41.5 Å². The molecule has 0 heterocycles. The van der Waals surface area contributed by atoms with Gasteiger partial charge < -0.3 is 5.11 Å². The number of hydrogen-bond acceptors (Lipinski definition) is 3. The first-order valence-electron chi connectivity index (χ1n) is 5.97. The van der Waals surface area contributed by atoms with Gasteiger partial charge >= 0.3 is 0 Å². The molecule has 0 spiro atoms. The summed E-state index contributed by atoms with van der Waals surface area (Å²) in [6.45, 7) is 11.4. The number of nitrogens with zero attached hydrogens (tertiary/aromatic N) is 1. The summed E-state index contributed by atoms with van der Waals surface area (Å²) >= 11 is 0. The van der Waals surface area contributed by atoms with E-state index in [9.17, 15) is 15.2 Å². The van der Waals surface area contributed by atoms with Crippen LogP contribution in [0.3, 0.4) is 0 Å². The number of hydrogen-bond donors (Lipinski definition) is 1. The second kappa shape index (κ2) is 4.26. The summed E-state index contributed by atoms with van der Waals surface area (Å²) in [5.41, 5.74) is 0.272. The monoisotopic (exact) mass is 251 g/mol. The predicted octanol–water partition coefficient (Wildman–Crippen LogP) is 3.90. The minimum absolute atomic E-state index is 0.0119. The molecule has 1 N–H and O–H groups in total. The van der Waals surface area contributed by atoms with Gasteiger partial charge in [0.15, 0.2) is 0 Å². The first-order chi connectivity index (χ1) is 7.96. The fourth-order valence-electron chi connectivity index (χ4n) is 2.11. The Balaban J connectivity index is 3.76. The van der Waals surface area contributed by atoms with E-state index in [1.165, 1.54) is 0 Å². The molecule has 1 aromatic carbocycles. The van der Waals surface area contributed by atoms with E-state index in [1.54, 1.807) is 12.1 Å². The highest BCUT2D eigenvalue weighted by atomic mass is 16.6. The van der Waals surface area contributed by atoms with Crippen molar-refractivity contribution < 1.29 is 10.0 Å². The Morgan fingerprint density at radius 2 is 1.56 bits per heavy atom. The highest BCUT2D eigenvalue weighted by Crippen LogP contribution is 2.43. The molecule has 0 bridgehead atoms. The van der Waals surface area contributed by atoms with E-state index < -0.39 is 5.41 Å². The van der Waals surface area contributed by atoms with E-state index in [2.05, 4.69) is 0 Å². The standard InChI is InChI=1S/C14H21NO3/c1-13(2,3)9-7-8-10(16)11(14(4,5)6)12(9)15(17)18/h7-8,16H,1-6H3. The van der Waals surface area contributed by atoms with Crippen LogP contribution in [0.25, 0.3) is 0 Å². The van der Waals surface area contributed by atoms with Crippen LogP contribution < -0.4 is 0 Å². The molecule has 0 unspecified atom stereocenters. The first-order valence-corrected chi connectivity index (χ1v) is 5.97. The van der Waals surface area contributed by atoms with Gasteiger partial charge in [0.1, 0.15) is 5.75 Å². The smallest absolute Gasteiger partial charge is 0.280 e. The SMILES string of the molecule is CC(C)(C)c1ccc(O)c(C(C)(C)C)c1[N+](=O)[O-]. The molecule has 0 aliphatic rings. The summed E-state index contributed by atoms with van der Waals surface area (Å²) in [5, 5.41) is 21.3. The van der Waals surface area contributed by atoms with E-state index in [4.69, 9.17) is 0 Å². The predicted molar refractivity (Wildman–Crippen MR) is 72.2 cm³/mol. The van der Waals surface area contributed by atoms with Crippen LogP contribution >= 0.6 is 0 Å². The van der Waals surface area contributed by atoms with Crippen LogP contribution in [0.4, 0.5) is 5.69 Å². The zero-order valence-electron chi connectivity index (χ0n) is 11.9. The number of nitro benzene ring substituents is 1. The van der Waals surface area contributed by atoms with Crippen LogP contribution in [0.1, 0.15) is 52.7 Å². The van der Waals surface area contributed by atoms with Gasteiger partial charge in [-0.3, -0.25) is 10.1 Å². The van der Waals surface area contributed by atoms with Crippen LogP contribution in [0, 0.1) is 10.1 Å². The summed E-state index contributed by atoms with van der Waals surface area (Å²) in [5.74, 6) is -0.0119. The summed E-state index contributed by atoms with van der Waals surface area (Å²) in [7, 11) is 0. The van der Waals surface area contributed by atoms with Crippen molar-refractivity contribution >= 4 is 5.69 Å². The summed E-state index contributed by atoms with van der Waals surface area (Å²) < 4.78 is 0. The number of aromatic hydroxyl groups is 1. The van der Waals surface area contributed by atoms with Crippen molar-refractivity contribution in [3.05, 3.63) is 33.4 Å². The van der Waals surface area contributed by atoms with Gasteiger partial charge in [-0.2, -0.15) is 0 Å². The van der Waals surface area contributed by atoms with Gasteiger partial charge in [0.25, 0.3) is 5.69 Å². The maximum absolute atomic E-state index is 11.4. The van der Waals surface area contributed by atoms with E-state index in [0.717, 1.165) is 0 Å². The molecule has 1 aromatic rings. The molecule has 0 atom stereocenters. The molecule has 4 heteroatoms. The molecule has 0 amide bonds. The fraction of sp³-hybridized carbons (Fsp3) is 0.571. The zero-order chi connectivity index (χ0) is 14.3. The van der Waals surface area contributed by atoms with Crippen LogP contribution in [0.15, 0.2) is 12.1 Å². The highest BCUT2D eigenvalue weighted by Gasteiger charge is 2.34. The molecule has 0 aromatic heterocycles. The zero-order valence-corrected chi connectivity index (χ0v) is 11.9. The largest absolute Gasteiger partial charge is 0.507 e. The molecule has 0 aliphatic carbocycles. The maximum Gasteiger partial charge on any atom is 0.280 e. The van der Waals surface area contributed by atoms with Crippen molar-refractivity contribution in [2.24, 2.45) is 0 Å². The van der Waals surface area contributed by atoms with E-state index in [0.29, 0.717) is 11.1 Å². The minimum Gasteiger partial charge on any atom is -0.507 e. The average molecular weight is 251 g/mol. The topological polar surface area (TPSA) is 63.4 Å². The summed E-state index contributed by atoms with van der Waals surface area (Å²) in [6.07, 6.45) is 0. The lowest BCUT2D eigenvalue weighted by Crippen LogP contribution is -2.20. The molecule has 0 fully saturated rings. The molecule has 4 nitrogen and oxygen atoms in total. The van der Waals surface area contributed by atoms with Crippen molar-refractivity contribution in [1.29, 1.82) is 0 Å². The Morgan fingerprint density at radius 1 is 1.06 bits per heavy atom. The third-order valence-corrected chi connectivity index (χ3v) is 2.90. The third-order valence-electron chi connectivity index (χ3n) is 2.90. The van der Waals surface area contributed by atoms with Crippen LogP contribution in [0.5, 0.6) is 5.75 Å². The maximum atomic E-state index is 11.4. The van der Waals surface area contributed by atoms with Gasteiger partial charge in [-0.1, -0.05) is 41.5 Å². The highest BCUT2D eigenvalue weighted by molar-refractivity contribution is 5.59. The van der Waals surface area contributed by atoms with E-state index >= 15 is 0 Å². The molecular formula is C14H21NO3. The quantitative estimate of drug-likeness (QED) is 0.608. The summed E-state index contributed by atoms with van der Waals surface area (Å²) in [4.78, 5) is 11.0. The fourth-order valence-corrected chi connectivity index (χ4v) is 2.11. The Hall–Kier alpha value is -1.58. The van der Waals surface area contributed by atoms with Gasteiger partial charge in [-0.05, 0) is 23.0 Å². The van der Waals surface area contributed by atoms with Gasteiger partial charge in [-0.15, -0.1) is 0 Å². The molecule has 0 aliphatic heterocycles. The molecule has 1 rings (SSSR count). The number of phenols is 1. The third kappa shape index (κ3) is 2.63. The lowest BCUT2D eigenvalue weighted by Gasteiger charge is -2.25. The molecule has 100 valence electrons. The molecule has 18 heavy (non-hydrogen) atoms. The van der Waals surface area contributed by atoms with Crippen molar-refractivity contribution in [3.63, 3.8) is 0 Å². The molecule has 0 saturated heterocycles. The number of phenolic OH excluding ortho intramolecular Hbond substituents is 1. The van der Waals surface area contributed by atoms with Crippen molar-refractivity contribution in [1.82, 2.24) is 0 Å². The Kier molecular flexibility index (Phi) is 3.43. The van der Waals surface area contributed by atoms with Crippen LogP contribution in [-0.4, -0.2) is 10.0 Å². The second-order valence-electron chi connectivity index (χ2n) is 6.61. The summed E-state index contributed by atoms with van der Waals surface area (Å²) in [6, 6.07) is 3.19. The number of benzene rings is 1. The average Bonchev–Trinajstić information content (AvgIpc) is 2.12. The van der Waals surface area contributed by atoms with Crippen molar-refractivity contribution in [2.45, 2.75) is 52.4 Å². The van der Waals surface area contributed by atoms with Gasteiger partial charge in [0.05, 0.1) is 10.5 Å². The Morgan fingerprint density at radius 3 is 1.89 bits per heavy atom. The lowest BCUT2D eigenvalue weighted by molar-refractivity contribution is -0.387. The second-order valence-corrected chi connectivity index (χ2v) is 6.61. The van der Waals surface area contributed by atoms with Gasteiger partial charge in [0, 0.05) is 5.56 Å². The van der Waals surface area contributed by atoms with Gasteiger partial charge in [-0.25, -0.2) is 0 Å². The van der Waals surface area contributed by atoms with Crippen LogP contribution in [-0.2, 0) is 10.8 Å². The van der Waals surface area contributed by atoms with Crippen molar-refractivity contribution in [2.75, 3.05) is 0 Å². The van der Waals surface area contributed by atoms with E-state index in [-0.39, 0.29) is 21.8 Å². The lowest BCUT2D eigenvalue weighted by atomic mass is 9.78. The van der Waals surface area contributed by atoms with Crippen molar-refractivity contribution in [3.8, 4) is 5.75 Å². The molecule has 0 radical (unpaired) electrons. The van der Waals surface area contributed by atoms with Crippen LogP contribution in [0.2, 0.25) is 0 Å². The first kappa shape index (κ1) is 14.5. The number of nitro groups is 1. The normalized spacial score (nSPS) is 12.6. The minimum atomic E-state index is -0.478. The molecule has 0 saturated carbocycles.